The van der Waals surface area contributed by atoms with Gasteiger partial charge in [-0.3, -0.25) is 0 Å². The second kappa shape index (κ2) is 4.73. The molecular formula is C6H16N2O. The van der Waals surface area contributed by atoms with Gasteiger partial charge in [0.05, 0.1) is 6.61 Å². The van der Waals surface area contributed by atoms with Gasteiger partial charge in [0, 0.05) is 6.04 Å². The average molecular weight is 132 g/mol. The third-order valence-electron chi connectivity index (χ3n) is 1.18. The van der Waals surface area contributed by atoms with Crippen LogP contribution in [0.3, 0.4) is 0 Å². The van der Waals surface area contributed by atoms with Gasteiger partial charge in [0.25, 0.3) is 0 Å². The molecule has 0 amide bonds. The van der Waals surface area contributed by atoms with E-state index in [2.05, 4.69) is 4.90 Å². The number of aliphatic hydroxyl groups excluding tert-OH is 1. The number of nitrogens with zero attached hydrogens (tertiary/aromatic N) is 1. The summed E-state index contributed by atoms with van der Waals surface area (Å²) in [4.78, 5) is 2.05. The quantitative estimate of drug-likeness (QED) is 0.529. The molecule has 3 N–H and O–H groups in total. The molecule has 9 heavy (non-hydrogen) atoms. The zero-order chi connectivity index (χ0) is 7.28. The van der Waals surface area contributed by atoms with Crippen molar-refractivity contribution in [3.05, 3.63) is 0 Å². The third kappa shape index (κ3) is 5.76. The Kier molecular flexibility index (Phi) is 4.67. The van der Waals surface area contributed by atoms with Crippen LogP contribution in [-0.2, 0) is 0 Å². The summed E-state index contributed by atoms with van der Waals surface area (Å²) in [7, 11) is 3.98. The molecule has 0 heterocycles. The van der Waals surface area contributed by atoms with Gasteiger partial charge in [0.2, 0.25) is 0 Å². The molecule has 0 rings (SSSR count). The van der Waals surface area contributed by atoms with E-state index in [1.165, 1.54) is 0 Å². The van der Waals surface area contributed by atoms with Crippen molar-refractivity contribution in [2.24, 2.45) is 5.73 Å². The average Bonchev–Trinajstić information content (AvgIpc) is 1.83. The number of nitrogens with two attached hydrogens (primary N) is 1. The molecule has 0 bridgehead atoms. The van der Waals surface area contributed by atoms with Gasteiger partial charge in [-0.25, -0.2) is 0 Å². The van der Waals surface area contributed by atoms with E-state index in [9.17, 15) is 0 Å². The summed E-state index contributed by atoms with van der Waals surface area (Å²) in [5.41, 5.74) is 5.44. The minimum atomic E-state index is -0.0487. The Morgan fingerprint density at radius 2 is 2.11 bits per heavy atom. The summed E-state index contributed by atoms with van der Waals surface area (Å²) in [5, 5.41) is 8.50. The van der Waals surface area contributed by atoms with E-state index < -0.39 is 0 Å². The standard InChI is InChI=1S/C6H16N2O/c1-8(2)4-3-6(7)5-9/h6,9H,3-5,7H2,1-2H3. The first kappa shape index (κ1) is 8.88. The lowest BCUT2D eigenvalue weighted by atomic mass is 10.2. The van der Waals surface area contributed by atoms with Crippen LogP contribution in [0.25, 0.3) is 0 Å². The van der Waals surface area contributed by atoms with Crippen molar-refractivity contribution in [2.45, 2.75) is 12.5 Å². The van der Waals surface area contributed by atoms with Gasteiger partial charge in [0.15, 0.2) is 0 Å². The summed E-state index contributed by atoms with van der Waals surface area (Å²) in [6.45, 7) is 1.04. The van der Waals surface area contributed by atoms with E-state index in [4.69, 9.17) is 10.8 Å². The van der Waals surface area contributed by atoms with Crippen LogP contribution >= 0.6 is 0 Å². The van der Waals surface area contributed by atoms with E-state index in [1.54, 1.807) is 0 Å². The maximum Gasteiger partial charge on any atom is 0.0583 e. The molecule has 0 aliphatic rings. The molecule has 3 heteroatoms. The minimum absolute atomic E-state index is 0.0487. The molecule has 0 aromatic heterocycles. The fourth-order valence-corrected chi connectivity index (χ4v) is 0.515. The molecule has 0 radical (unpaired) electrons. The SMILES string of the molecule is CN(C)CCC(N)CO. The third-order valence-corrected chi connectivity index (χ3v) is 1.18. The highest BCUT2D eigenvalue weighted by Crippen LogP contribution is 1.87. The van der Waals surface area contributed by atoms with E-state index in [0.717, 1.165) is 13.0 Å². The normalized spacial score (nSPS) is 14.3. The Hall–Kier alpha value is -0.120. The summed E-state index contributed by atoms with van der Waals surface area (Å²) < 4.78 is 0. The van der Waals surface area contributed by atoms with Gasteiger partial charge in [-0.15, -0.1) is 0 Å². The predicted octanol–water partition coefficient (Wildman–Crippen LogP) is -0.742. The van der Waals surface area contributed by atoms with E-state index in [1.807, 2.05) is 14.1 Å². The van der Waals surface area contributed by atoms with Crippen LogP contribution in [0.2, 0.25) is 0 Å². The first-order valence-electron chi connectivity index (χ1n) is 3.18. The van der Waals surface area contributed by atoms with Gasteiger partial charge in [0.1, 0.15) is 0 Å². The molecule has 1 atom stereocenters. The molecular weight excluding hydrogens is 116 g/mol. The van der Waals surface area contributed by atoms with Crippen LogP contribution in [0.5, 0.6) is 0 Å². The fourth-order valence-electron chi connectivity index (χ4n) is 0.515. The molecule has 0 aromatic rings. The smallest absolute Gasteiger partial charge is 0.0583 e. The molecule has 0 spiro atoms. The van der Waals surface area contributed by atoms with Gasteiger partial charge >= 0.3 is 0 Å². The van der Waals surface area contributed by atoms with E-state index in [0.29, 0.717) is 0 Å². The monoisotopic (exact) mass is 132 g/mol. The van der Waals surface area contributed by atoms with Gasteiger partial charge in [-0.05, 0) is 27.1 Å². The number of rotatable bonds is 4. The van der Waals surface area contributed by atoms with Crippen molar-refractivity contribution < 1.29 is 5.11 Å². The Labute approximate surface area is 56.5 Å². The highest BCUT2D eigenvalue weighted by molar-refractivity contribution is 4.59. The highest BCUT2D eigenvalue weighted by atomic mass is 16.3. The zero-order valence-electron chi connectivity index (χ0n) is 6.17. The minimum Gasteiger partial charge on any atom is -0.395 e. The molecule has 0 aromatic carbocycles. The van der Waals surface area contributed by atoms with Crippen LogP contribution in [0.15, 0.2) is 0 Å². The van der Waals surface area contributed by atoms with Crippen molar-refractivity contribution in [3.8, 4) is 0 Å². The molecule has 0 aliphatic carbocycles. The number of hydrogen-bond acceptors (Lipinski definition) is 3. The topological polar surface area (TPSA) is 49.5 Å². The van der Waals surface area contributed by atoms with Crippen LogP contribution in [-0.4, -0.2) is 43.3 Å². The number of hydrogen-bond donors (Lipinski definition) is 2. The van der Waals surface area contributed by atoms with Gasteiger partial charge in [-0.1, -0.05) is 0 Å². The Bertz CT molecular complexity index is 66.1. The fraction of sp³-hybridized carbons (Fsp3) is 1.00. The van der Waals surface area contributed by atoms with Crippen LogP contribution < -0.4 is 5.73 Å². The van der Waals surface area contributed by atoms with Crippen molar-refractivity contribution in [1.29, 1.82) is 0 Å². The zero-order valence-corrected chi connectivity index (χ0v) is 6.17. The van der Waals surface area contributed by atoms with E-state index >= 15 is 0 Å². The summed E-state index contributed by atoms with van der Waals surface area (Å²) in [6.07, 6.45) is 0.865. The van der Waals surface area contributed by atoms with Gasteiger partial charge < -0.3 is 15.7 Å². The highest BCUT2D eigenvalue weighted by Gasteiger charge is 1.99. The summed E-state index contributed by atoms with van der Waals surface area (Å²) in [6, 6.07) is -0.0487. The Morgan fingerprint density at radius 1 is 1.56 bits per heavy atom. The molecule has 3 nitrogen and oxygen atoms in total. The molecule has 1 unspecified atom stereocenters. The summed E-state index contributed by atoms with van der Waals surface area (Å²) in [5.74, 6) is 0. The second-order valence-electron chi connectivity index (χ2n) is 2.53. The summed E-state index contributed by atoms with van der Waals surface area (Å²) >= 11 is 0. The Balaban J connectivity index is 3.06. The predicted molar refractivity (Wildman–Crippen MR) is 38.2 cm³/mol. The largest absolute Gasteiger partial charge is 0.395 e. The molecule has 56 valence electrons. The lowest BCUT2D eigenvalue weighted by Gasteiger charge is -2.12. The molecule has 0 fully saturated rings. The lowest BCUT2D eigenvalue weighted by Crippen LogP contribution is -2.29. The van der Waals surface area contributed by atoms with Gasteiger partial charge in [-0.2, -0.15) is 0 Å². The van der Waals surface area contributed by atoms with Crippen LogP contribution in [0.4, 0.5) is 0 Å². The first-order valence-corrected chi connectivity index (χ1v) is 3.18. The molecule has 0 aliphatic heterocycles. The van der Waals surface area contributed by atoms with Crippen LogP contribution in [0.1, 0.15) is 6.42 Å². The second-order valence-corrected chi connectivity index (χ2v) is 2.53. The Morgan fingerprint density at radius 3 is 2.44 bits per heavy atom. The van der Waals surface area contributed by atoms with Crippen molar-refractivity contribution in [3.63, 3.8) is 0 Å². The maximum absolute atomic E-state index is 8.50. The van der Waals surface area contributed by atoms with E-state index in [-0.39, 0.29) is 12.6 Å². The van der Waals surface area contributed by atoms with Crippen molar-refractivity contribution in [2.75, 3.05) is 27.2 Å². The maximum atomic E-state index is 8.50. The number of aliphatic hydroxyl groups is 1. The van der Waals surface area contributed by atoms with Crippen molar-refractivity contribution >= 4 is 0 Å². The van der Waals surface area contributed by atoms with Crippen molar-refractivity contribution in [1.82, 2.24) is 4.90 Å². The molecule has 0 saturated heterocycles. The molecule has 0 saturated carbocycles. The first-order chi connectivity index (χ1) is 4.16. The lowest BCUT2D eigenvalue weighted by molar-refractivity contribution is 0.248. The van der Waals surface area contributed by atoms with Crippen LogP contribution in [0, 0.1) is 0 Å².